The van der Waals surface area contributed by atoms with E-state index in [0.29, 0.717) is 0 Å². The van der Waals surface area contributed by atoms with Crippen LogP contribution in [0.5, 0.6) is 0 Å². The SMILES string of the molecule is Cc1c(-c2ccc(Br)cc2)ncn1C. The molecule has 0 unspecified atom stereocenters. The lowest BCUT2D eigenvalue weighted by Crippen LogP contribution is -1.88. The third-order valence-corrected chi connectivity index (χ3v) is 2.88. The normalized spacial score (nSPS) is 10.5. The molecule has 2 nitrogen and oxygen atoms in total. The van der Waals surface area contributed by atoms with E-state index in [1.54, 1.807) is 0 Å². The van der Waals surface area contributed by atoms with E-state index in [1.807, 2.05) is 30.1 Å². The van der Waals surface area contributed by atoms with Gasteiger partial charge in [-0.2, -0.15) is 0 Å². The van der Waals surface area contributed by atoms with Crippen molar-refractivity contribution in [1.29, 1.82) is 0 Å². The zero-order chi connectivity index (χ0) is 10.1. The van der Waals surface area contributed by atoms with E-state index in [4.69, 9.17) is 0 Å². The predicted octanol–water partition coefficient (Wildman–Crippen LogP) is 3.16. The summed E-state index contributed by atoms with van der Waals surface area (Å²) in [5.41, 5.74) is 3.40. The van der Waals surface area contributed by atoms with Crippen molar-refractivity contribution < 1.29 is 0 Å². The fourth-order valence-corrected chi connectivity index (χ4v) is 1.65. The summed E-state index contributed by atoms with van der Waals surface area (Å²) in [5, 5.41) is 0. The van der Waals surface area contributed by atoms with Gasteiger partial charge in [-0.1, -0.05) is 28.1 Å². The first kappa shape index (κ1) is 9.46. The second kappa shape index (κ2) is 3.58. The van der Waals surface area contributed by atoms with Gasteiger partial charge in [-0.25, -0.2) is 4.98 Å². The average molecular weight is 251 g/mol. The van der Waals surface area contributed by atoms with Crippen LogP contribution in [-0.4, -0.2) is 9.55 Å². The quantitative estimate of drug-likeness (QED) is 0.761. The van der Waals surface area contributed by atoms with Gasteiger partial charge in [0.25, 0.3) is 0 Å². The molecule has 0 fully saturated rings. The molecule has 0 radical (unpaired) electrons. The maximum absolute atomic E-state index is 4.36. The highest BCUT2D eigenvalue weighted by Gasteiger charge is 2.05. The minimum Gasteiger partial charge on any atom is -0.337 e. The number of hydrogen-bond donors (Lipinski definition) is 0. The fraction of sp³-hybridized carbons (Fsp3) is 0.182. The standard InChI is InChI=1S/C11H11BrN2/c1-8-11(13-7-14(8)2)9-3-5-10(12)6-4-9/h3-7H,1-2H3. The summed E-state index contributed by atoms with van der Waals surface area (Å²) in [7, 11) is 2.00. The number of aryl methyl sites for hydroxylation is 1. The van der Waals surface area contributed by atoms with Crippen LogP contribution in [0.2, 0.25) is 0 Å². The van der Waals surface area contributed by atoms with Gasteiger partial charge < -0.3 is 4.57 Å². The first-order valence-electron chi connectivity index (χ1n) is 4.42. The molecular weight excluding hydrogens is 240 g/mol. The molecule has 0 bridgehead atoms. The monoisotopic (exact) mass is 250 g/mol. The molecule has 14 heavy (non-hydrogen) atoms. The highest BCUT2D eigenvalue weighted by atomic mass is 79.9. The highest BCUT2D eigenvalue weighted by Crippen LogP contribution is 2.22. The molecular formula is C11H11BrN2. The number of imidazole rings is 1. The molecule has 0 aliphatic heterocycles. The van der Waals surface area contributed by atoms with Gasteiger partial charge in [0.1, 0.15) is 0 Å². The number of aromatic nitrogens is 2. The van der Waals surface area contributed by atoms with E-state index >= 15 is 0 Å². The van der Waals surface area contributed by atoms with Crippen molar-refractivity contribution in [2.75, 3.05) is 0 Å². The van der Waals surface area contributed by atoms with Crippen molar-refractivity contribution in [2.45, 2.75) is 6.92 Å². The molecule has 0 spiro atoms. The molecule has 0 saturated heterocycles. The van der Waals surface area contributed by atoms with Crippen LogP contribution >= 0.6 is 15.9 Å². The van der Waals surface area contributed by atoms with Crippen LogP contribution in [0.1, 0.15) is 5.69 Å². The van der Waals surface area contributed by atoms with Gasteiger partial charge in [0.15, 0.2) is 0 Å². The Morgan fingerprint density at radius 2 is 1.86 bits per heavy atom. The predicted molar refractivity (Wildman–Crippen MR) is 61.1 cm³/mol. The number of hydrogen-bond acceptors (Lipinski definition) is 1. The molecule has 2 aromatic rings. The largest absolute Gasteiger partial charge is 0.337 e. The molecule has 1 heterocycles. The fourth-order valence-electron chi connectivity index (χ4n) is 1.38. The molecule has 1 aromatic carbocycles. The van der Waals surface area contributed by atoms with Crippen molar-refractivity contribution in [1.82, 2.24) is 9.55 Å². The first-order chi connectivity index (χ1) is 6.68. The van der Waals surface area contributed by atoms with Gasteiger partial charge in [-0.05, 0) is 19.1 Å². The Morgan fingerprint density at radius 3 is 2.36 bits per heavy atom. The molecule has 0 atom stereocenters. The van der Waals surface area contributed by atoms with Crippen LogP contribution in [0.15, 0.2) is 35.1 Å². The van der Waals surface area contributed by atoms with E-state index < -0.39 is 0 Å². The van der Waals surface area contributed by atoms with E-state index in [-0.39, 0.29) is 0 Å². The topological polar surface area (TPSA) is 17.8 Å². The summed E-state index contributed by atoms with van der Waals surface area (Å²) in [6, 6.07) is 8.20. The van der Waals surface area contributed by atoms with Crippen LogP contribution in [0, 0.1) is 6.92 Å². The highest BCUT2D eigenvalue weighted by molar-refractivity contribution is 9.10. The summed E-state index contributed by atoms with van der Waals surface area (Å²) >= 11 is 3.42. The van der Waals surface area contributed by atoms with Crippen LogP contribution in [0.4, 0.5) is 0 Å². The van der Waals surface area contributed by atoms with Gasteiger partial charge in [0.2, 0.25) is 0 Å². The van der Waals surface area contributed by atoms with Crippen LogP contribution in [-0.2, 0) is 7.05 Å². The van der Waals surface area contributed by atoms with Crippen molar-refractivity contribution >= 4 is 15.9 Å². The summed E-state index contributed by atoms with van der Waals surface area (Å²) in [5.74, 6) is 0. The summed E-state index contributed by atoms with van der Waals surface area (Å²) in [6.07, 6.45) is 1.84. The molecule has 3 heteroatoms. The number of nitrogens with zero attached hydrogens (tertiary/aromatic N) is 2. The molecule has 0 aliphatic rings. The minimum absolute atomic E-state index is 1.06. The molecule has 0 saturated carbocycles. The Labute approximate surface area is 91.7 Å². The Morgan fingerprint density at radius 1 is 1.21 bits per heavy atom. The summed E-state index contributed by atoms with van der Waals surface area (Å²) in [6.45, 7) is 2.07. The summed E-state index contributed by atoms with van der Waals surface area (Å²) in [4.78, 5) is 4.36. The van der Waals surface area contributed by atoms with Gasteiger partial charge in [0.05, 0.1) is 12.0 Å². The third-order valence-electron chi connectivity index (χ3n) is 2.35. The van der Waals surface area contributed by atoms with Crippen LogP contribution in [0.25, 0.3) is 11.3 Å². The maximum Gasteiger partial charge on any atom is 0.0953 e. The van der Waals surface area contributed by atoms with E-state index in [2.05, 4.69) is 40.0 Å². The van der Waals surface area contributed by atoms with Crippen molar-refractivity contribution in [3.05, 3.63) is 40.8 Å². The molecule has 0 N–H and O–H groups in total. The molecule has 2 rings (SSSR count). The molecule has 72 valence electrons. The summed E-state index contributed by atoms with van der Waals surface area (Å²) < 4.78 is 3.12. The molecule has 0 amide bonds. The van der Waals surface area contributed by atoms with Gasteiger partial charge in [0, 0.05) is 22.8 Å². The van der Waals surface area contributed by atoms with E-state index in [0.717, 1.165) is 15.7 Å². The molecule has 0 aliphatic carbocycles. The zero-order valence-corrected chi connectivity index (χ0v) is 9.75. The lowest BCUT2D eigenvalue weighted by atomic mass is 10.1. The smallest absolute Gasteiger partial charge is 0.0953 e. The third kappa shape index (κ3) is 1.60. The van der Waals surface area contributed by atoms with Crippen LogP contribution < -0.4 is 0 Å². The Hall–Kier alpha value is -1.09. The van der Waals surface area contributed by atoms with E-state index in [9.17, 15) is 0 Å². The van der Waals surface area contributed by atoms with E-state index in [1.165, 1.54) is 5.69 Å². The van der Waals surface area contributed by atoms with Gasteiger partial charge >= 0.3 is 0 Å². The lowest BCUT2D eigenvalue weighted by molar-refractivity contribution is 0.874. The Kier molecular flexibility index (Phi) is 2.42. The van der Waals surface area contributed by atoms with Crippen molar-refractivity contribution in [3.8, 4) is 11.3 Å². The van der Waals surface area contributed by atoms with Crippen molar-refractivity contribution in [2.24, 2.45) is 7.05 Å². The minimum atomic E-state index is 1.06. The lowest BCUT2D eigenvalue weighted by Gasteiger charge is -2.00. The zero-order valence-electron chi connectivity index (χ0n) is 8.16. The first-order valence-corrected chi connectivity index (χ1v) is 5.21. The second-order valence-corrected chi connectivity index (χ2v) is 4.21. The Balaban J connectivity index is 2.49. The number of rotatable bonds is 1. The number of benzene rings is 1. The van der Waals surface area contributed by atoms with Crippen LogP contribution in [0.3, 0.4) is 0 Å². The van der Waals surface area contributed by atoms with Gasteiger partial charge in [-0.15, -0.1) is 0 Å². The maximum atomic E-state index is 4.36. The van der Waals surface area contributed by atoms with Crippen molar-refractivity contribution in [3.63, 3.8) is 0 Å². The second-order valence-electron chi connectivity index (χ2n) is 3.30. The molecule has 1 aromatic heterocycles. The average Bonchev–Trinajstić information content (AvgIpc) is 2.50. The Bertz CT molecular complexity index is 443. The number of halogens is 1. The van der Waals surface area contributed by atoms with Gasteiger partial charge in [-0.3, -0.25) is 0 Å².